The Bertz CT molecular complexity index is 564. The largest absolute Gasteiger partial charge is 0.323 e. The molecule has 20 heavy (non-hydrogen) atoms. The van der Waals surface area contributed by atoms with Gasteiger partial charge in [-0.05, 0) is 46.0 Å². The number of thiophene rings is 1. The topological polar surface area (TPSA) is 32.3 Å². The zero-order chi connectivity index (χ0) is 14.5. The van der Waals surface area contributed by atoms with Crippen molar-refractivity contribution in [2.24, 2.45) is 0 Å². The third-order valence-electron chi connectivity index (χ3n) is 3.15. The molecule has 106 valence electrons. The van der Waals surface area contributed by atoms with Gasteiger partial charge in [0.15, 0.2) is 0 Å². The number of benzene rings is 1. The number of hydrogen-bond acceptors (Lipinski definition) is 2. The van der Waals surface area contributed by atoms with Crippen LogP contribution < -0.4 is 5.32 Å². The molecule has 0 bridgehead atoms. The minimum atomic E-state index is -0.0860. The highest BCUT2D eigenvalue weighted by atomic mass is 32.1. The molecule has 0 radical (unpaired) electrons. The summed E-state index contributed by atoms with van der Waals surface area (Å²) in [6.07, 6.45) is 0. The van der Waals surface area contributed by atoms with Crippen molar-refractivity contribution >= 4 is 23.1 Å². The fraction of sp³-hybridized carbons (Fsp3) is 0.312. The van der Waals surface area contributed by atoms with Gasteiger partial charge in [-0.15, -0.1) is 0 Å². The van der Waals surface area contributed by atoms with Crippen LogP contribution in [0.1, 0.15) is 30.9 Å². The molecule has 2 rings (SSSR count). The second-order valence-corrected chi connectivity index (χ2v) is 5.98. The van der Waals surface area contributed by atoms with Crippen molar-refractivity contribution in [1.82, 2.24) is 4.90 Å². The lowest BCUT2D eigenvalue weighted by atomic mass is 10.0. The molecule has 0 atom stereocenters. The fourth-order valence-corrected chi connectivity index (χ4v) is 2.58. The van der Waals surface area contributed by atoms with Crippen LogP contribution in [-0.4, -0.2) is 18.0 Å². The molecule has 0 spiro atoms. The molecule has 4 heteroatoms. The maximum atomic E-state index is 12.1. The van der Waals surface area contributed by atoms with Gasteiger partial charge in [0.1, 0.15) is 0 Å². The molecule has 2 aromatic rings. The summed E-state index contributed by atoms with van der Waals surface area (Å²) in [6, 6.07) is 9.95. The standard InChI is InChI=1S/C16H20N2OS/c1-12(2)14-5-4-6-15(9-14)17-16(19)18(3)10-13-7-8-20-11-13/h4-9,11-12H,10H2,1-3H3,(H,17,19). The predicted octanol–water partition coefficient (Wildman–Crippen LogP) is 4.54. The van der Waals surface area contributed by atoms with Crippen LogP contribution in [0.3, 0.4) is 0 Å². The summed E-state index contributed by atoms with van der Waals surface area (Å²) in [6.45, 7) is 4.91. The van der Waals surface area contributed by atoms with E-state index in [1.807, 2.05) is 29.6 Å². The first-order valence-corrected chi connectivity index (χ1v) is 7.63. The maximum Gasteiger partial charge on any atom is 0.321 e. The van der Waals surface area contributed by atoms with Gasteiger partial charge in [0, 0.05) is 19.3 Å². The molecule has 0 unspecified atom stereocenters. The van der Waals surface area contributed by atoms with Crippen LogP contribution in [0.15, 0.2) is 41.1 Å². The van der Waals surface area contributed by atoms with Gasteiger partial charge in [-0.25, -0.2) is 4.79 Å². The number of carbonyl (C=O) groups is 1. The summed E-state index contributed by atoms with van der Waals surface area (Å²) in [5, 5.41) is 7.02. The van der Waals surface area contributed by atoms with Crippen LogP contribution in [-0.2, 0) is 6.54 Å². The van der Waals surface area contributed by atoms with Gasteiger partial charge >= 0.3 is 6.03 Å². The van der Waals surface area contributed by atoms with Crippen LogP contribution in [0.5, 0.6) is 0 Å². The molecule has 0 saturated carbocycles. The molecule has 1 aromatic carbocycles. The van der Waals surface area contributed by atoms with E-state index in [-0.39, 0.29) is 6.03 Å². The van der Waals surface area contributed by atoms with Crippen molar-refractivity contribution in [3.05, 3.63) is 52.2 Å². The Labute approximate surface area is 124 Å². The van der Waals surface area contributed by atoms with E-state index in [0.29, 0.717) is 12.5 Å². The Morgan fingerprint density at radius 1 is 1.35 bits per heavy atom. The van der Waals surface area contributed by atoms with Gasteiger partial charge in [0.25, 0.3) is 0 Å². The zero-order valence-electron chi connectivity index (χ0n) is 12.1. The molecule has 1 aromatic heterocycles. The number of hydrogen-bond donors (Lipinski definition) is 1. The van der Waals surface area contributed by atoms with Gasteiger partial charge < -0.3 is 10.2 Å². The molecular formula is C16H20N2OS. The molecule has 1 heterocycles. The molecule has 1 N–H and O–H groups in total. The Kier molecular flexibility index (Phi) is 4.79. The molecule has 3 nitrogen and oxygen atoms in total. The minimum absolute atomic E-state index is 0.0860. The van der Waals surface area contributed by atoms with Gasteiger partial charge in [0.2, 0.25) is 0 Å². The lowest BCUT2D eigenvalue weighted by molar-refractivity contribution is 0.221. The highest BCUT2D eigenvalue weighted by molar-refractivity contribution is 7.07. The summed E-state index contributed by atoms with van der Waals surface area (Å²) >= 11 is 1.64. The summed E-state index contributed by atoms with van der Waals surface area (Å²) < 4.78 is 0. The van der Waals surface area contributed by atoms with Crippen LogP contribution >= 0.6 is 11.3 Å². The molecule has 2 amide bonds. The first-order valence-electron chi connectivity index (χ1n) is 6.69. The number of rotatable bonds is 4. The smallest absolute Gasteiger partial charge is 0.321 e. The third-order valence-corrected chi connectivity index (χ3v) is 3.88. The van der Waals surface area contributed by atoms with Crippen molar-refractivity contribution < 1.29 is 4.79 Å². The lowest BCUT2D eigenvalue weighted by Crippen LogP contribution is -2.30. The number of urea groups is 1. The van der Waals surface area contributed by atoms with Crippen molar-refractivity contribution in [2.75, 3.05) is 12.4 Å². The summed E-state index contributed by atoms with van der Waals surface area (Å²) in [5.41, 5.74) is 3.23. The van der Waals surface area contributed by atoms with E-state index >= 15 is 0 Å². The first-order chi connectivity index (χ1) is 9.56. The number of nitrogens with zero attached hydrogens (tertiary/aromatic N) is 1. The van der Waals surface area contributed by atoms with Gasteiger partial charge in [-0.1, -0.05) is 26.0 Å². The second-order valence-electron chi connectivity index (χ2n) is 5.20. The maximum absolute atomic E-state index is 12.1. The monoisotopic (exact) mass is 288 g/mol. The first kappa shape index (κ1) is 14.6. The molecule has 0 aliphatic heterocycles. The van der Waals surface area contributed by atoms with Gasteiger partial charge in [0.05, 0.1) is 0 Å². The van der Waals surface area contributed by atoms with E-state index in [2.05, 4.69) is 30.6 Å². The van der Waals surface area contributed by atoms with E-state index in [9.17, 15) is 4.79 Å². The normalized spacial score (nSPS) is 10.6. The van der Waals surface area contributed by atoms with E-state index in [0.717, 1.165) is 11.3 Å². The molecular weight excluding hydrogens is 268 g/mol. The molecule has 0 aliphatic carbocycles. The average Bonchev–Trinajstić information content (AvgIpc) is 2.91. The van der Waals surface area contributed by atoms with Gasteiger partial charge in [-0.2, -0.15) is 11.3 Å². The summed E-state index contributed by atoms with van der Waals surface area (Å²) in [7, 11) is 1.80. The number of carbonyl (C=O) groups excluding carboxylic acids is 1. The van der Waals surface area contributed by atoms with Crippen LogP contribution in [0.2, 0.25) is 0 Å². The minimum Gasteiger partial charge on any atom is -0.323 e. The zero-order valence-corrected chi connectivity index (χ0v) is 12.9. The Balaban J connectivity index is 1.98. The molecule has 0 fully saturated rings. The number of amides is 2. The Morgan fingerprint density at radius 3 is 2.80 bits per heavy atom. The average molecular weight is 288 g/mol. The number of nitrogens with one attached hydrogen (secondary N) is 1. The Morgan fingerprint density at radius 2 is 2.15 bits per heavy atom. The number of anilines is 1. The van der Waals surface area contributed by atoms with E-state index in [4.69, 9.17) is 0 Å². The summed E-state index contributed by atoms with van der Waals surface area (Å²) in [4.78, 5) is 13.8. The molecule has 0 aliphatic rings. The second kappa shape index (κ2) is 6.57. The molecule has 0 saturated heterocycles. The van der Waals surface area contributed by atoms with E-state index in [1.54, 1.807) is 23.3 Å². The van der Waals surface area contributed by atoms with Crippen molar-refractivity contribution in [3.63, 3.8) is 0 Å². The van der Waals surface area contributed by atoms with Gasteiger partial charge in [-0.3, -0.25) is 0 Å². The van der Waals surface area contributed by atoms with Crippen LogP contribution in [0, 0.1) is 0 Å². The van der Waals surface area contributed by atoms with Crippen LogP contribution in [0.4, 0.5) is 10.5 Å². The lowest BCUT2D eigenvalue weighted by Gasteiger charge is -2.18. The van der Waals surface area contributed by atoms with E-state index < -0.39 is 0 Å². The summed E-state index contributed by atoms with van der Waals surface area (Å²) in [5.74, 6) is 0.454. The van der Waals surface area contributed by atoms with Crippen molar-refractivity contribution in [1.29, 1.82) is 0 Å². The van der Waals surface area contributed by atoms with Crippen LogP contribution in [0.25, 0.3) is 0 Å². The predicted molar refractivity (Wildman–Crippen MR) is 85.3 cm³/mol. The Hall–Kier alpha value is -1.81. The SMILES string of the molecule is CC(C)c1cccc(NC(=O)N(C)Cc2ccsc2)c1. The third kappa shape index (κ3) is 3.84. The van der Waals surface area contributed by atoms with Crippen molar-refractivity contribution in [2.45, 2.75) is 26.3 Å². The highest BCUT2D eigenvalue weighted by Gasteiger charge is 2.10. The van der Waals surface area contributed by atoms with Crippen molar-refractivity contribution in [3.8, 4) is 0 Å². The highest BCUT2D eigenvalue weighted by Crippen LogP contribution is 2.19. The fourth-order valence-electron chi connectivity index (χ4n) is 1.92. The van der Waals surface area contributed by atoms with E-state index in [1.165, 1.54) is 5.56 Å². The quantitative estimate of drug-likeness (QED) is 0.880.